The maximum atomic E-state index is 11.2. The molecule has 78 valence electrons. The van der Waals surface area contributed by atoms with Gasteiger partial charge in [0.1, 0.15) is 4.66 Å². The number of nitrogens with one attached hydrogen (secondary N) is 1. The summed E-state index contributed by atoms with van der Waals surface area (Å²) < 4.78 is 30.2. The maximum Gasteiger partial charge on any atom is 0.221 e. The molecular formula is C7H14BrNO3S. The molecule has 1 N–H and O–H groups in total. The first-order chi connectivity index (χ1) is 6.05. The average Bonchev–Trinajstić information content (AvgIpc) is 2.55. The van der Waals surface area contributed by atoms with Crippen molar-refractivity contribution in [3.63, 3.8) is 0 Å². The van der Waals surface area contributed by atoms with E-state index in [4.69, 9.17) is 4.74 Å². The first-order valence-corrected chi connectivity index (χ1v) is 7.00. The predicted molar refractivity (Wildman–Crippen MR) is 54.3 cm³/mol. The summed E-state index contributed by atoms with van der Waals surface area (Å²) in [5.41, 5.74) is 0. The van der Waals surface area contributed by atoms with Crippen LogP contribution in [-0.2, 0) is 14.8 Å². The highest BCUT2D eigenvalue weighted by atomic mass is 79.9. The lowest BCUT2D eigenvalue weighted by molar-refractivity contribution is 0.0903. The van der Waals surface area contributed by atoms with E-state index in [1.807, 2.05) is 6.92 Å². The minimum absolute atomic E-state index is 0.0359. The highest BCUT2D eigenvalue weighted by Crippen LogP contribution is 2.15. The zero-order valence-corrected chi connectivity index (χ0v) is 9.90. The van der Waals surface area contributed by atoms with Gasteiger partial charge in [-0.3, -0.25) is 0 Å². The molecule has 0 aromatic rings. The highest BCUT2D eigenvalue weighted by molar-refractivity contribution is 9.10. The lowest BCUT2D eigenvalue weighted by Gasteiger charge is -2.18. The van der Waals surface area contributed by atoms with Gasteiger partial charge in [-0.25, -0.2) is 13.1 Å². The molecule has 1 aliphatic rings. The maximum absolute atomic E-state index is 11.2. The van der Waals surface area contributed by atoms with E-state index < -0.39 is 10.0 Å². The summed E-state index contributed by atoms with van der Waals surface area (Å²) in [6.45, 7) is 2.57. The van der Waals surface area contributed by atoms with Gasteiger partial charge in [0.2, 0.25) is 10.0 Å². The first kappa shape index (κ1) is 11.4. The van der Waals surface area contributed by atoms with Crippen molar-refractivity contribution in [3.8, 4) is 0 Å². The van der Waals surface area contributed by atoms with Crippen LogP contribution in [-0.4, -0.2) is 31.8 Å². The minimum atomic E-state index is -3.17. The van der Waals surface area contributed by atoms with Crippen LogP contribution >= 0.6 is 15.9 Å². The third kappa shape index (κ3) is 3.53. The number of alkyl halides is 1. The fourth-order valence-electron chi connectivity index (χ4n) is 1.39. The van der Waals surface area contributed by atoms with Crippen LogP contribution in [0.15, 0.2) is 0 Å². The third-order valence-electron chi connectivity index (χ3n) is 2.03. The monoisotopic (exact) mass is 271 g/mol. The van der Waals surface area contributed by atoms with Gasteiger partial charge in [-0.1, -0.05) is 15.9 Å². The van der Waals surface area contributed by atoms with Crippen LogP contribution in [0.2, 0.25) is 0 Å². The van der Waals surface area contributed by atoms with Crippen LogP contribution < -0.4 is 4.72 Å². The summed E-state index contributed by atoms with van der Waals surface area (Å²) >= 11 is 2.92. The molecule has 1 saturated heterocycles. The Hall–Kier alpha value is 0.350. The Morgan fingerprint density at radius 1 is 1.69 bits per heavy atom. The molecule has 1 rings (SSSR count). The molecule has 0 spiro atoms. The van der Waals surface area contributed by atoms with Gasteiger partial charge in [-0.2, -0.15) is 0 Å². The Labute approximate surface area is 87.2 Å². The Morgan fingerprint density at radius 3 is 2.85 bits per heavy atom. The normalized spacial score (nSPS) is 26.2. The van der Waals surface area contributed by atoms with Crippen LogP contribution in [0.5, 0.6) is 0 Å². The molecule has 0 aliphatic carbocycles. The molecule has 1 heterocycles. The molecule has 0 radical (unpaired) electrons. The van der Waals surface area contributed by atoms with Crippen molar-refractivity contribution in [1.82, 2.24) is 4.72 Å². The molecule has 1 fully saturated rings. The molecule has 4 nitrogen and oxygen atoms in total. The molecule has 13 heavy (non-hydrogen) atoms. The second kappa shape index (κ2) is 4.72. The fourth-order valence-corrected chi connectivity index (χ4v) is 2.57. The van der Waals surface area contributed by atoms with E-state index in [0.29, 0.717) is 0 Å². The van der Waals surface area contributed by atoms with Gasteiger partial charge in [0.05, 0.1) is 6.10 Å². The van der Waals surface area contributed by atoms with Gasteiger partial charge in [0.15, 0.2) is 0 Å². The number of sulfonamides is 1. The summed E-state index contributed by atoms with van der Waals surface area (Å²) in [5.74, 6) is 0. The van der Waals surface area contributed by atoms with Gasteiger partial charge in [-0.05, 0) is 19.8 Å². The van der Waals surface area contributed by atoms with E-state index in [2.05, 4.69) is 20.7 Å². The van der Waals surface area contributed by atoms with Crippen molar-refractivity contribution in [1.29, 1.82) is 0 Å². The number of hydrogen-bond donors (Lipinski definition) is 1. The zero-order valence-electron chi connectivity index (χ0n) is 7.49. The van der Waals surface area contributed by atoms with E-state index in [9.17, 15) is 8.42 Å². The largest absolute Gasteiger partial charge is 0.377 e. The topological polar surface area (TPSA) is 55.4 Å². The molecule has 2 atom stereocenters. The van der Waals surface area contributed by atoms with Gasteiger partial charge < -0.3 is 4.74 Å². The van der Waals surface area contributed by atoms with Gasteiger partial charge in [0.25, 0.3) is 0 Å². The molecule has 0 aromatic heterocycles. The number of halogens is 1. The Bertz CT molecular complexity index is 248. The van der Waals surface area contributed by atoms with E-state index in [1.54, 1.807) is 0 Å². The van der Waals surface area contributed by atoms with Gasteiger partial charge in [-0.15, -0.1) is 0 Å². The molecule has 0 bridgehead atoms. The number of ether oxygens (including phenoxy) is 1. The summed E-state index contributed by atoms with van der Waals surface area (Å²) in [7, 11) is -3.17. The summed E-state index contributed by atoms with van der Waals surface area (Å²) in [6, 6.07) is -0.134. The molecule has 0 amide bonds. The van der Waals surface area contributed by atoms with E-state index >= 15 is 0 Å². The quantitative estimate of drug-likeness (QED) is 0.771. The SMILES string of the molecule is CC(NS(=O)(=O)CBr)C1CCCO1. The van der Waals surface area contributed by atoms with Crippen molar-refractivity contribution in [2.75, 3.05) is 11.3 Å². The lowest BCUT2D eigenvalue weighted by atomic mass is 10.1. The average molecular weight is 272 g/mol. The molecule has 1 aliphatic heterocycles. The third-order valence-corrected chi connectivity index (χ3v) is 4.86. The summed E-state index contributed by atoms with van der Waals surface area (Å²) in [6.07, 6.45) is 1.99. The van der Waals surface area contributed by atoms with Crippen molar-refractivity contribution in [3.05, 3.63) is 0 Å². The first-order valence-electron chi connectivity index (χ1n) is 4.23. The standard InChI is InChI=1S/C7H14BrNO3S/c1-6(7-3-2-4-12-7)9-13(10,11)5-8/h6-7,9H,2-5H2,1H3. The smallest absolute Gasteiger partial charge is 0.221 e. The Kier molecular flexibility index (Phi) is 4.15. The lowest BCUT2D eigenvalue weighted by Crippen LogP contribution is -2.41. The summed E-state index contributed by atoms with van der Waals surface area (Å²) in [5, 5.41) is 0. The van der Waals surface area contributed by atoms with Crippen molar-refractivity contribution >= 4 is 26.0 Å². The number of hydrogen-bond acceptors (Lipinski definition) is 3. The molecule has 6 heteroatoms. The summed E-state index contributed by atoms with van der Waals surface area (Å²) in [4.78, 5) is 0. The zero-order chi connectivity index (χ0) is 9.90. The second-order valence-corrected chi connectivity index (χ2v) is 6.24. The van der Waals surface area contributed by atoms with E-state index in [0.717, 1.165) is 19.4 Å². The van der Waals surface area contributed by atoms with Crippen LogP contribution in [0.25, 0.3) is 0 Å². The van der Waals surface area contributed by atoms with Crippen molar-refractivity contribution < 1.29 is 13.2 Å². The van der Waals surface area contributed by atoms with Gasteiger partial charge >= 0.3 is 0 Å². The van der Waals surface area contributed by atoms with Crippen LogP contribution in [0.1, 0.15) is 19.8 Å². The van der Waals surface area contributed by atoms with E-state index in [-0.39, 0.29) is 16.8 Å². The second-order valence-electron chi connectivity index (χ2n) is 3.18. The van der Waals surface area contributed by atoms with Crippen LogP contribution in [0, 0.1) is 0 Å². The van der Waals surface area contributed by atoms with Crippen LogP contribution in [0.4, 0.5) is 0 Å². The molecule has 2 unspecified atom stereocenters. The highest BCUT2D eigenvalue weighted by Gasteiger charge is 2.25. The molecule has 0 aromatic carbocycles. The van der Waals surface area contributed by atoms with Gasteiger partial charge in [0, 0.05) is 12.6 Å². The number of rotatable bonds is 4. The van der Waals surface area contributed by atoms with Crippen molar-refractivity contribution in [2.45, 2.75) is 31.9 Å². The van der Waals surface area contributed by atoms with Crippen molar-refractivity contribution in [2.24, 2.45) is 0 Å². The Morgan fingerprint density at radius 2 is 2.38 bits per heavy atom. The van der Waals surface area contributed by atoms with E-state index in [1.165, 1.54) is 0 Å². The predicted octanol–water partition coefficient (Wildman–Crippen LogP) is 0.826. The fraction of sp³-hybridized carbons (Fsp3) is 1.00. The Balaban J connectivity index is 2.44. The molecular weight excluding hydrogens is 258 g/mol. The van der Waals surface area contributed by atoms with Crippen LogP contribution in [0.3, 0.4) is 0 Å². The minimum Gasteiger partial charge on any atom is -0.377 e. The molecule has 0 saturated carbocycles.